The molecule has 0 saturated carbocycles. The molecule has 4 nitrogen and oxygen atoms in total. The van der Waals surface area contributed by atoms with Crippen LogP contribution in [0.2, 0.25) is 5.02 Å². The van der Waals surface area contributed by atoms with Gasteiger partial charge < -0.3 is 4.74 Å². The van der Waals surface area contributed by atoms with Gasteiger partial charge in [0.15, 0.2) is 6.29 Å². The van der Waals surface area contributed by atoms with E-state index in [1.807, 2.05) is 13.0 Å². The maximum Gasteiger partial charge on any atom is 0.321 e. The maximum atomic E-state index is 10.4. The van der Waals surface area contributed by atoms with E-state index in [0.29, 0.717) is 22.6 Å². The zero-order valence-electron chi connectivity index (χ0n) is 9.05. The van der Waals surface area contributed by atoms with Crippen LogP contribution >= 0.6 is 11.6 Å². The summed E-state index contributed by atoms with van der Waals surface area (Å²) in [4.78, 5) is 18.3. The molecule has 2 rings (SSSR count). The van der Waals surface area contributed by atoms with E-state index in [0.717, 1.165) is 5.56 Å². The molecule has 0 fully saturated rings. The Balaban J connectivity index is 2.24. The predicted octanol–water partition coefficient (Wildman–Crippen LogP) is 3.04. The number of carbonyl (C=O) groups is 1. The van der Waals surface area contributed by atoms with Gasteiger partial charge in [-0.1, -0.05) is 17.7 Å². The minimum Gasteiger partial charge on any atom is -0.424 e. The standard InChI is InChI=1S/C12H9ClN2O2/c1-8-2-3-10(13)4-11(8)17-12-14-5-9(7-16)6-15-12/h2-7H,1H3. The zero-order chi connectivity index (χ0) is 12.3. The summed E-state index contributed by atoms with van der Waals surface area (Å²) >= 11 is 5.86. The molecule has 5 heteroatoms. The van der Waals surface area contributed by atoms with Gasteiger partial charge in [0.1, 0.15) is 5.75 Å². The molecule has 0 aliphatic carbocycles. The van der Waals surface area contributed by atoms with Crippen LogP contribution < -0.4 is 4.74 Å². The number of aldehydes is 1. The van der Waals surface area contributed by atoms with Gasteiger partial charge in [-0.25, -0.2) is 9.97 Å². The highest BCUT2D eigenvalue weighted by Gasteiger charge is 2.04. The molecule has 0 saturated heterocycles. The van der Waals surface area contributed by atoms with Gasteiger partial charge in [-0.05, 0) is 24.6 Å². The Bertz CT molecular complexity index is 541. The lowest BCUT2D eigenvalue weighted by atomic mass is 10.2. The summed E-state index contributed by atoms with van der Waals surface area (Å²) < 4.78 is 5.47. The summed E-state index contributed by atoms with van der Waals surface area (Å²) in [6.07, 6.45) is 3.47. The lowest BCUT2D eigenvalue weighted by Gasteiger charge is -2.06. The fourth-order valence-electron chi connectivity index (χ4n) is 1.22. The van der Waals surface area contributed by atoms with Crippen molar-refractivity contribution in [2.24, 2.45) is 0 Å². The molecular weight excluding hydrogens is 240 g/mol. The van der Waals surface area contributed by atoms with Gasteiger partial charge in [-0.3, -0.25) is 4.79 Å². The molecule has 0 aliphatic rings. The van der Waals surface area contributed by atoms with E-state index in [1.165, 1.54) is 12.4 Å². The van der Waals surface area contributed by atoms with E-state index in [2.05, 4.69) is 9.97 Å². The number of nitrogens with zero attached hydrogens (tertiary/aromatic N) is 2. The summed E-state index contributed by atoms with van der Waals surface area (Å²) in [5.74, 6) is 0.594. The number of hydrogen-bond acceptors (Lipinski definition) is 4. The number of halogens is 1. The Morgan fingerprint density at radius 2 is 2.00 bits per heavy atom. The van der Waals surface area contributed by atoms with Crippen LogP contribution in [0, 0.1) is 6.92 Å². The first-order valence-electron chi connectivity index (χ1n) is 4.90. The SMILES string of the molecule is Cc1ccc(Cl)cc1Oc1ncc(C=O)cn1. The number of aryl methyl sites for hydroxylation is 1. The normalized spacial score (nSPS) is 10.0. The number of ether oxygens (including phenoxy) is 1. The third kappa shape index (κ3) is 2.79. The van der Waals surface area contributed by atoms with Gasteiger partial charge in [0, 0.05) is 17.4 Å². The Kier molecular flexibility index (Phi) is 3.35. The Morgan fingerprint density at radius 1 is 1.29 bits per heavy atom. The molecule has 0 radical (unpaired) electrons. The summed E-state index contributed by atoms with van der Waals surface area (Å²) in [6.45, 7) is 1.89. The molecule has 0 atom stereocenters. The first kappa shape index (κ1) is 11.5. The highest BCUT2D eigenvalue weighted by atomic mass is 35.5. The molecule has 0 bridgehead atoms. The molecule has 0 aliphatic heterocycles. The molecule has 0 spiro atoms. The Labute approximate surface area is 103 Å². The second kappa shape index (κ2) is 4.93. The van der Waals surface area contributed by atoms with Crippen LogP contribution in [0.1, 0.15) is 15.9 Å². The Morgan fingerprint density at radius 3 is 2.65 bits per heavy atom. The van der Waals surface area contributed by atoms with Gasteiger partial charge >= 0.3 is 6.01 Å². The monoisotopic (exact) mass is 248 g/mol. The molecule has 17 heavy (non-hydrogen) atoms. The minimum absolute atomic E-state index is 0.181. The van der Waals surface area contributed by atoms with Crippen molar-refractivity contribution in [3.05, 3.63) is 46.7 Å². The van der Waals surface area contributed by atoms with Crippen LogP contribution in [-0.4, -0.2) is 16.3 Å². The van der Waals surface area contributed by atoms with Crippen molar-refractivity contribution in [2.45, 2.75) is 6.92 Å². The molecular formula is C12H9ClN2O2. The molecule has 86 valence electrons. The van der Waals surface area contributed by atoms with E-state index in [-0.39, 0.29) is 6.01 Å². The lowest BCUT2D eigenvalue weighted by Crippen LogP contribution is -1.94. The summed E-state index contributed by atoms with van der Waals surface area (Å²) in [5.41, 5.74) is 1.33. The second-order valence-corrected chi connectivity index (χ2v) is 3.87. The zero-order valence-corrected chi connectivity index (χ0v) is 9.81. The summed E-state index contributed by atoms with van der Waals surface area (Å²) in [6, 6.07) is 5.49. The van der Waals surface area contributed by atoms with Crippen molar-refractivity contribution in [1.29, 1.82) is 0 Å². The summed E-state index contributed by atoms with van der Waals surface area (Å²) in [7, 11) is 0. The first-order chi connectivity index (χ1) is 8.19. The number of hydrogen-bond donors (Lipinski definition) is 0. The van der Waals surface area contributed by atoms with Crippen molar-refractivity contribution < 1.29 is 9.53 Å². The number of carbonyl (C=O) groups excluding carboxylic acids is 1. The molecule has 0 amide bonds. The van der Waals surface area contributed by atoms with E-state index in [4.69, 9.17) is 16.3 Å². The van der Waals surface area contributed by atoms with Crippen LogP contribution in [0.25, 0.3) is 0 Å². The molecule has 0 N–H and O–H groups in total. The van der Waals surface area contributed by atoms with E-state index in [9.17, 15) is 4.79 Å². The molecule has 1 heterocycles. The quantitative estimate of drug-likeness (QED) is 0.784. The fraction of sp³-hybridized carbons (Fsp3) is 0.0833. The van der Waals surface area contributed by atoms with Gasteiger partial charge in [0.2, 0.25) is 0 Å². The first-order valence-corrected chi connectivity index (χ1v) is 5.28. The number of rotatable bonds is 3. The maximum absolute atomic E-state index is 10.4. The average Bonchev–Trinajstić information content (AvgIpc) is 2.35. The second-order valence-electron chi connectivity index (χ2n) is 3.43. The lowest BCUT2D eigenvalue weighted by molar-refractivity contribution is 0.112. The molecule has 2 aromatic rings. The van der Waals surface area contributed by atoms with Crippen molar-refractivity contribution >= 4 is 17.9 Å². The van der Waals surface area contributed by atoms with Crippen LogP contribution in [0.3, 0.4) is 0 Å². The topological polar surface area (TPSA) is 52.1 Å². The highest BCUT2D eigenvalue weighted by molar-refractivity contribution is 6.30. The third-order valence-electron chi connectivity index (χ3n) is 2.14. The molecule has 1 aromatic heterocycles. The van der Waals surface area contributed by atoms with Crippen LogP contribution in [-0.2, 0) is 0 Å². The van der Waals surface area contributed by atoms with Crippen LogP contribution in [0.5, 0.6) is 11.8 Å². The van der Waals surface area contributed by atoms with Crippen molar-refractivity contribution in [3.8, 4) is 11.8 Å². The third-order valence-corrected chi connectivity index (χ3v) is 2.37. The van der Waals surface area contributed by atoms with Gasteiger partial charge in [0.25, 0.3) is 0 Å². The molecule has 0 unspecified atom stereocenters. The Hall–Kier alpha value is -1.94. The summed E-state index contributed by atoms with van der Waals surface area (Å²) in [5, 5.41) is 0.579. The van der Waals surface area contributed by atoms with Crippen LogP contribution in [0.4, 0.5) is 0 Å². The highest BCUT2D eigenvalue weighted by Crippen LogP contribution is 2.25. The van der Waals surface area contributed by atoms with Crippen LogP contribution in [0.15, 0.2) is 30.6 Å². The van der Waals surface area contributed by atoms with Gasteiger partial charge in [0.05, 0.1) is 5.56 Å². The van der Waals surface area contributed by atoms with E-state index >= 15 is 0 Å². The smallest absolute Gasteiger partial charge is 0.321 e. The minimum atomic E-state index is 0.181. The van der Waals surface area contributed by atoms with Gasteiger partial charge in [-0.2, -0.15) is 0 Å². The molecule has 1 aromatic carbocycles. The van der Waals surface area contributed by atoms with E-state index < -0.39 is 0 Å². The number of aromatic nitrogens is 2. The number of benzene rings is 1. The predicted molar refractivity (Wildman–Crippen MR) is 63.7 cm³/mol. The fourth-order valence-corrected chi connectivity index (χ4v) is 1.38. The van der Waals surface area contributed by atoms with Gasteiger partial charge in [-0.15, -0.1) is 0 Å². The average molecular weight is 249 g/mol. The largest absolute Gasteiger partial charge is 0.424 e. The van der Waals surface area contributed by atoms with E-state index in [1.54, 1.807) is 12.1 Å². The van der Waals surface area contributed by atoms with Crippen molar-refractivity contribution in [3.63, 3.8) is 0 Å². The van der Waals surface area contributed by atoms with Crippen molar-refractivity contribution in [1.82, 2.24) is 9.97 Å². The van der Waals surface area contributed by atoms with Crippen molar-refractivity contribution in [2.75, 3.05) is 0 Å².